The first-order valence-electron chi connectivity index (χ1n) is 5.73. The lowest BCUT2D eigenvalue weighted by atomic mass is 10.0. The SMILES string of the molecule is C[C@H](c1c(F)ccc(Cl)c1O)N1CCNCC1.Cl.Cl. The molecular weight excluding hydrogens is 314 g/mol. The summed E-state index contributed by atoms with van der Waals surface area (Å²) in [6.45, 7) is 5.33. The van der Waals surface area contributed by atoms with Crippen molar-refractivity contribution in [3.8, 4) is 5.75 Å². The van der Waals surface area contributed by atoms with E-state index in [0.29, 0.717) is 5.56 Å². The van der Waals surface area contributed by atoms with Gasteiger partial charge in [0.25, 0.3) is 0 Å². The number of hydrogen-bond acceptors (Lipinski definition) is 3. The summed E-state index contributed by atoms with van der Waals surface area (Å²) in [5.74, 6) is -0.546. The Balaban J connectivity index is 0.00000162. The molecular formula is C12H18Cl3FN2O. The molecule has 1 atom stereocenters. The first-order valence-corrected chi connectivity index (χ1v) is 6.10. The summed E-state index contributed by atoms with van der Waals surface area (Å²) in [5.41, 5.74) is 0.291. The van der Waals surface area contributed by atoms with E-state index in [4.69, 9.17) is 11.6 Å². The second-order valence-corrected chi connectivity index (χ2v) is 4.66. The predicted octanol–water partition coefficient (Wildman–Crippen LogP) is 2.99. The Hall–Kier alpha value is -0.260. The van der Waals surface area contributed by atoms with Crippen molar-refractivity contribution < 1.29 is 9.50 Å². The van der Waals surface area contributed by atoms with Gasteiger partial charge in [-0.05, 0) is 19.1 Å². The van der Waals surface area contributed by atoms with Crippen molar-refractivity contribution in [2.75, 3.05) is 26.2 Å². The predicted molar refractivity (Wildman–Crippen MR) is 80.4 cm³/mol. The van der Waals surface area contributed by atoms with Crippen LogP contribution in [0.25, 0.3) is 0 Å². The van der Waals surface area contributed by atoms with Crippen molar-refractivity contribution >= 4 is 36.4 Å². The van der Waals surface area contributed by atoms with Gasteiger partial charge in [0.2, 0.25) is 0 Å². The summed E-state index contributed by atoms with van der Waals surface area (Å²) in [6.07, 6.45) is 0. The van der Waals surface area contributed by atoms with E-state index in [-0.39, 0.29) is 41.6 Å². The highest BCUT2D eigenvalue weighted by molar-refractivity contribution is 6.32. The number of halogens is 4. The van der Waals surface area contributed by atoms with Crippen molar-refractivity contribution in [2.24, 2.45) is 0 Å². The molecule has 1 aliphatic rings. The Morgan fingerprint density at radius 1 is 1.32 bits per heavy atom. The van der Waals surface area contributed by atoms with Gasteiger partial charge in [0.15, 0.2) is 0 Å². The number of hydrogen-bond donors (Lipinski definition) is 2. The lowest BCUT2D eigenvalue weighted by molar-refractivity contribution is 0.179. The third-order valence-electron chi connectivity index (χ3n) is 3.23. The molecule has 7 heteroatoms. The zero-order valence-corrected chi connectivity index (χ0v) is 12.9. The largest absolute Gasteiger partial charge is 0.506 e. The van der Waals surface area contributed by atoms with Gasteiger partial charge < -0.3 is 10.4 Å². The molecule has 2 rings (SSSR count). The number of phenolic OH excluding ortho intramolecular Hbond substituents is 1. The standard InChI is InChI=1S/C12H16ClFN2O.2ClH/c1-8(16-6-4-15-5-7-16)11-10(14)3-2-9(13)12(11)17;;/h2-3,8,15,17H,4-7H2,1H3;2*1H/t8-;;/m1../s1. The lowest BCUT2D eigenvalue weighted by Crippen LogP contribution is -2.44. The number of benzene rings is 1. The van der Waals surface area contributed by atoms with Gasteiger partial charge in [-0.3, -0.25) is 4.90 Å². The molecule has 1 saturated heterocycles. The lowest BCUT2D eigenvalue weighted by Gasteiger charge is -2.33. The number of nitrogens with one attached hydrogen (secondary N) is 1. The van der Waals surface area contributed by atoms with Crippen molar-refractivity contribution in [1.29, 1.82) is 0 Å². The Labute approximate surface area is 129 Å². The number of nitrogens with zero attached hydrogens (tertiary/aromatic N) is 1. The minimum Gasteiger partial charge on any atom is -0.506 e. The summed E-state index contributed by atoms with van der Waals surface area (Å²) >= 11 is 5.82. The first-order chi connectivity index (χ1) is 8.11. The zero-order chi connectivity index (χ0) is 12.4. The summed E-state index contributed by atoms with van der Waals surface area (Å²) < 4.78 is 13.8. The Morgan fingerprint density at radius 3 is 2.47 bits per heavy atom. The summed E-state index contributed by atoms with van der Waals surface area (Å²) in [7, 11) is 0. The van der Waals surface area contributed by atoms with E-state index in [9.17, 15) is 9.50 Å². The van der Waals surface area contributed by atoms with Gasteiger partial charge in [0, 0.05) is 37.8 Å². The molecule has 19 heavy (non-hydrogen) atoms. The zero-order valence-electron chi connectivity index (χ0n) is 10.5. The van der Waals surface area contributed by atoms with E-state index in [1.165, 1.54) is 12.1 Å². The van der Waals surface area contributed by atoms with Gasteiger partial charge in [-0.2, -0.15) is 0 Å². The minimum absolute atomic E-state index is 0. The third kappa shape index (κ3) is 4.10. The maximum absolute atomic E-state index is 13.8. The average Bonchev–Trinajstić information content (AvgIpc) is 2.35. The van der Waals surface area contributed by atoms with Crippen LogP contribution in [-0.2, 0) is 0 Å². The fourth-order valence-corrected chi connectivity index (χ4v) is 2.37. The van der Waals surface area contributed by atoms with E-state index >= 15 is 0 Å². The van der Waals surface area contributed by atoms with Crippen LogP contribution in [0.1, 0.15) is 18.5 Å². The molecule has 1 aromatic rings. The summed E-state index contributed by atoms with van der Waals surface area (Å²) in [4.78, 5) is 2.13. The fraction of sp³-hybridized carbons (Fsp3) is 0.500. The van der Waals surface area contributed by atoms with Gasteiger partial charge >= 0.3 is 0 Å². The molecule has 0 aliphatic carbocycles. The third-order valence-corrected chi connectivity index (χ3v) is 3.54. The molecule has 1 heterocycles. The van der Waals surface area contributed by atoms with Crippen molar-refractivity contribution in [2.45, 2.75) is 13.0 Å². The van der Waals surface area contributed by atoms with E-state index < -0.39 is 5.82 Å². The van der Waals surface area contributed by atoms with Crippen LogP contribution in [0.15, 0.2) is 12.1 Å². The second kappa shape index (κ2) is 8.12. The average molecular weight is 332 g/mol. The van der Waals surface area contributed by atoms with Crippen molar-refractivity contribution in [3.63, 3.8) is 0 Å². The van der Waals surface area contributed by atoms with Crippen molar-refractivity contribution in [3.05, 3.63) is 28.5 Å². The topological polar surface area (TPSA) is 35.5 Å². The quantitative estimate of drug-likeness (QED) is 0.874. The van der Waals surface area contributed by atoms with E-state index in [1.54, 1.807) is 0 Å². The fourth-order valence-electron chi connectivity index (χ4n) is 2.21. The molecule has 0 unspecified atom stereocenters. The number of phenols is 1. The first kappa shape index (κ1) is 18.7. The molecule has 1 aromatic carbocycles. The van der Waals surface area contributed by atoms with Gasteiger partial charge in [0.1, 0.15) is 11.6 Å². The van der Waals surface area contributed by atoms with Crippen LogP contribution in [0, 0.1) is 5.82 Å². The molecule has 0 aromatic heterocycles. The van der Waals surface area contributed by atoms with Gasteiger partial charge in [-0.15, -0.1) is 24.8 Å². The molecule has 0 saturated carbocycles. The Kier molecular flexibility index (Phi) is 8.01. The molecule has 0 spiro atoms. The van der Waals surface area contributed by atoms with E-state index in [0.717, 1.165) is 26.2 Å². The van der Waals surface area contributed by atoms with Gasteiger partial charge in [-0.25, -0.2) is 4.39 Å². The maximum Gasteiger partial charge on any atom is 0.141 e. The van der Waals surface area contributed by atoms with Gasteiger partial charge in [-0.1, -0.05) is 11.6 Å². The second-order valence-electron chi connectivity index (χ2n) is 4.25. The van der Waals surface area contributed by atoms with E-state index in [2.05, 4.69) is 10.2 Å². The molecule has 1 aliphatic heterocycles. The molecule has 1 fully saturated rings. The van der Waals surface area contributed by atoms with Crippen LogP contribution in [0.5, 0.6) is 5.75 Å². The Bertz CT molecular complexity index is 414. The van der Waals surface area contributed by atoms with E-state index in [1.807, 2.05) is 6.92 Å². The minimum atomic E-state index is -0.405. The van der Waals surface area contributed by atoms with Crippen LogP contribution in [-0.4, -0.2) is 36.2 Å². The molecule has 110 valence electrons. The van der Waals surface area contributed by atoms with Crippen LogP contribution in [0.4, 0.5) is 4.39 Å². The van der Waals surface area contributed by atoms with Crippen LogP contribution >= 0.6 is 36.4 Å². The van der Waals surface area contributed by atoms with Crippen molar-refractivity contribution in [1.82, 2.24) is 10.2 Å². The molecule has 2 N–H and O–H groups in total. The normalized spacial score (nSPS) is 17.2. The Morgan fingerprint density at radius 2 is 1.89 bits per heavy atom. The highest BCUT2D eigenvalue weighted by Crippen LogP contribution is 2.36. The molecule has 0 amide bonds. The monoisotopic (exact) mass is 330 g/mol. The smallest absolute Gasteiger partial charge is 0.141 e. The number of piperazine rings is 1. The molecule has 0 bridgehead atoms. The molecule has 3 nitrogen and oxygen atoms in total. The maximum atomic E-state index is 13.8. The highest BCUT2D eigenvalue weighted by atomic mass is 35.5. The molecule has 0 radical (unpaired) electrons. The highest BCUT2D eigenvalue weighted by Gasteiger charge is 2.24. The summed E-state index contributed by atoms with van der Waals surface area (Å²) in [5, 5.41) is 13.3. The van der Waals surface area contributed by atoms with Gasteiger partial charge in [0.05, 0.1) is 5.02 Å². The number of aromatic hydroxyl groups is 1. The summed E-state index contributed by atoms with van der Waals surface area (Å²) in [6, 6.07) is 2.51. The van der Waals surface area contributed by atoms with Crippen LogP contribution in [0.3, 0.4) is 0 Å². The van der Waals surface area contributed by atoms with Crippen LogP contribution < -0.4 is 5.32 Å². The number of rotatable bonds is 2. The van der Waals surface area contributed by atoms with Crippen LogP contribution in [0.2, 0.25) is 5.02 Å².